The largest absolute Gasteiger partial charge is 0.450 e. The van der Waals surface area contributed by atoms with E-state index < -0.39 is 12.0 Å². The summed E-state index contributed by atoms with van der Waals surface area (Å²) in [6.45, 7) is 1.64. The molecule has 2 heterocycles. The number of hydrogen-bond acceptors (Lipinski definition) is 2. The summed E-state index contributed by atoms with van der Waals surface area (Å²) in [6, 6.07) is 0. The minimum absolute atomic E-state index is 0.375. The first-order valence-electron chi connectivity index (χ1n) is 3.86. The third kappa shape index (κ3) is 1.23. The first-order chi connectivity index (χ1) is 6.50. The van der Waals surface area contributed by atoms with Gasteiger partial charge in [-0.25, -0.2) is 4.98 Å². The Bertz CT molecular complexity index is 472. The summed E-state index contributed by atoms with van der Waals surface area (Å²) in [5.41, 5.74) is 0.898. The molecule has 2 rings (SSSR count). The highest BCUT2D eigenvalue weighted by molar-refractivity contribution is 5.50. The third-order valence-electron chi connectivity index (χ3n) is 1.91. The van der Waals surface area contributed by atoms with Crippen molar-refractivity contribution in [3.63, 3.8) is 0 Å². The molecule has 74 valence electrons. The Balaban J connectivity index is 2.76. The Kier molecular flexibility index (Phi) is 1.73. The highest BCUT2D eigenvalue weighted by Crippen LogP contribution is 2.28. The quantitative estimate of drug-likeness (QED) is 0.653. The van der Waals surface area contributed by atoms with E-state index in [0.717, 1.165) is 4.40 Å². The lowest BCUT2D eigenvalue weighted by atomic mass is 10.4. The molecule has 0 unspecified atom stereocenters. The summed E-state index contributed by atoms with van der Waals surface area (Å²) in [4.78, 5) is 7.20. The van der Waals surface area contributed by atoms with Crippen LogP contribution in [0.4, 0.5) is 13.2 Å². The Hall–Kier alpha value is -1.59. The predicted molar refractivity (Wildman–Crippen MR) is 42.7 cm³/mol. The normalized spacial score (nSPS) is 12.3. The molecular weight excluding hydrogens is 195 g/mol. The van der Waals surface area contributed by atoms with Gasteiger partial charge in [-0.05, 0) is 6.92 Å². The maximum absolute atomic E-state index is 12.4. The molecule has 0 N–H and O–H groups in total. The maximum atomic E-state index is 12.4. The Labute approximate surface area is 77.2 Å². The summed E-state index contributed by atoms with van der Waals surface area (Å²) in [7, 11) is 0. The van der Waals surface area contributed by atoms with Crippen LogP contribution in [0.2, 0.25) is 0 Å². The van der Waals surface area contributed by atoms with Gasteiger partial charge in [0, 0.05) is 12.4 Å². The fourth-order valence-corrected chi connectivity index (χ4v) is 1.27. The van der Waals surface area contributed by atoms with Gasteiger partial charge in [-0.3, -0.25) is 9.38 Å². The van der Waals surface area contributed by atoms with E-state index >= 15 is 0 Å². The Morgan fingerprint density at radius 2 is 2.00 bits per heavy atom. The monoisotopic (exact) mass is 201 g/mol. The van der Waals surface area contributed by atoms with E-state index in [4.69, 9.17) is 0 Å². The van der Waals surface area contributed by atoms with Gasteiger partial charge >= 0.3 is 6.18 Å². The first-order valence-corrected chi connectivity index (χ1v) is 3.86. The fraction of sp³-hybridized carbons (Fsp3) is 0.250. The van der Waals surface area contributed by atoms with Crippen LogP contribution in [0.1, 0.15) is 11.5 Å². The SMILES string of the molecule is Cc1nccn2c(C(F)(F)F)ncc12. The number of halogens is 3. The van der Waals surface area contributed by atoms with Crippen molar-refractivity contribution in [1.29, 1.82) is 0 Å². The molecule has 2 aromatic heterocycles. The molecule has 6 heteroatoms. The van der Waals surface area contributed by atoms with Crippen molar-refractivity contribution in [1.82, 2.24) is 14.4 Å². The van der Waals surface area contributed by atoms with Gasteiger partial charge in [0.1, 0.15) is 0 Å². The number of nitrogens with zero attached hydrogens (tertiary/aromatic N) is 3. The number of aromatic nitrogens is 3. The van der Waals surface area contributed by atoms with Crippen LogP contribution in [0.15, 0.2) is 18.6 Å². The van der Waals surface area contributed by atoms with E-state index in [9.17, 15) is 13.2 Å². The number of hydrogen-bond donors (Lipinski definition) is 0. The number of rotatable bonds is 0. The summed E-state index contributed by atoms with van der Waals surface area (Å²) < 4.78 is 38.1. The van der Waals surface area contributed by atoms with Gasteiger partial charge in [-0.2, -0.15) is 13.2 Å². The summed E-state index contributed by atoms with van der Waals surface area (Å²) in [5.74, 6) is -0.919. The van der Waals surface area contributed by atoms with Crippen molar-refractivity contribution in [2.75, 3.05) is 0 Å². The molecule has 0 aliphatic heterocycles. The topological polar surface area (TPSA) is 30.2 Å². The Morgan fingerprint density at radius 1 is 1.29 bits per heavy atom. The van der Waals surface area contributed by atoms with Gasteiger partial charge in [0.05, 0.1) is 17.4 Å². The first kappa shape index (κ1) is 8.98. The van der Waals surface area contributed by atoms with Crippen molar-refractivity contribution in [3.05, 3.63) is 30.1 Å². The molecule has 0 aliphatic rings. The van der Waals surface area contributed by atoms with Gasteiger partial charge < -0.3 is 0 Å². The van der Waals surface area contributed by atoms with Crippen molar-refractivity contribution in [2.45, 2.75) is 13.1 Å². The summed E-state index contributed by atoms with van der Waals surface area (Å²) in [5, 5.41) is 0. The molecule has 0 fully saturated rings. The molecule has 0 aliphatic carbocycles. The number of imidazole rings is 1. The molecule has 0 atom stereocenters. The van der Waals surface area contributed by atoms with Crippen LogP contribution < -0.4 is 0 Å². The Morgan fingerprint density at radius 3 is 2.64 bits per heavy atom. The molecular formula is C8H6F3N3. The lowest BCUT2D eigenvalue weighted by Gasteiger charge is -2.04. The zero-order valence-electron chi connectivity index (χ0n) is 7.21. The minimum atomic E-state index is -4.43. The second-order valence-electron chi connectivity index (χ2n) is 2.85. The summed E-state index contributed by atoms with van der Waals surface area (Å²) in [6.07, 6.45) is -0.692. The van der Waals surface area contributed by atoms with Crippen molar-refractivity contribution >= 4 is 5.52 Å². The zero-order chi connectivity index (χ0) is 10.3. The van der Waals surface area contributed by atoms with Crippen molar-refractivity contribution in [2.24, 2.45) is 0 Å². The highest BCUT2D eigenvalue weighted by Gasteiger charge is 2.35. The molecule has 0 saturated carbocycles. The van der Waals surface area contributed by atoms with Crippen LogP contribution in [0.5, 0.6) is 0 Å². The van der Waals surface area contributed by atoms with E-state index in [1.54, 1.807) is 6.92 Å². The zero-order valence-corrected chi connectivity index (χ0v) is 7.21. The van der Waals surface area contributed by atoms with E-state index in [-0.39, 0.29) is 0 Å². The molecule has 0 radical (unpaired) electrons. The van der Waals surface area contributed by atoms with E-state index in [2.05, 4.69) is 9.97 Å². The van der Waals surface area contributed by atoms with Gasteiger partial charge in [0.2, 0.25) is 5.82 Å². The van der Waals surface area contributed by atoms with Gasteiger partial charge in [0.15, 0.2) is 0 Å². The fourth-order valence-electron chi connectivity index (χ4n) is 1.27. The van der Waals surface area contributed by atoms with Crippen LogP contribution in [-0.4, -0.2) is 14.4 Å². The van der Waals surface area contributed by atoms with Gasteiger partial charge in [0.25, 0.3) is 0 Å². The van der Waals surface area contributed by atoms with Crippen LogP contribution in [0, 0.1) is 6.92 Å². The summed E-state index contributed by atoms with van der Waals surface area (Å²) >= 11 is 0. The molecule has 0 bridgehead atoms. The van der Waals surface area contributed by atoms with Crippen molar-refractivity contribution in [3.8, 4) is 0 Å². The predicted octanol–water partition coefficient (Wildman–Crippen LogP) is 2.06. The van der Waals surface area contributed by atoms with Crippen LogP contribution in [0.25, 0.3) is 5.52 Å². The minimum Gasteiger partial charge on any atom is -0.293 e. The van der Waals surface area contributed by atoms with Gasteiger partial charge in [-0.1, -0.05) is 0 Å². The molecule has 0 aromatic carbocycles. The van der Waals surface area contributed by atoms with E-state index in [0.29, 0.717) is 11.2 Å². The maximum Gasteiger partial charge on any atom is 0.450 e. The van der Waals surface area contributed by atoms with Gasteiger partial charge in [-0.15, -0.1) is 0 Å². The third-order valence-corrected chi connectivity index (χ3v) is 1.91. The second-order valence-corrected chi connectivity index (χ2v) is 2.85. The molecule has 14 heavy (non-hydrogen) atoms. The molecule has 0 amide bonds. The molecule has 2 aromatic rings. The molecule has 0 spiro atoms. The number of fused-ring (bicyclic) bond motifs is 1. The van der Waals surface area contributed by atoms with Crippen LogP contribution in [-0.2, 0) is 6.18 Å². The highest BCUT2D eigenvalue weighted by atomic mass is 19.4. The molecule has 0 saturated heterocycles. The average molecular weight is 201 g/mol. The van der Waals surface area contributed by atoms with Crippen LogP contribution >= 0.6 is 0 Å². The number of aryl methyl sites for hydroxylation is 1. The lowest BCUT2D eigenvalue weighted by molar-refractivity contribution is -0.145. The average Bonchev–Trinajstić information content (AvgIpc) is 2.47. The molecule has 3 nitrogen and oxygen atoms in total. The second kappa shape index (κ2) is 2.70. The smallest absolute Gasteiger partial charge is 0.293 e. The lowest BCUT2D eigenvalue weighted by Crippen LogP contribution is -2.10. The number of alkyl halides is 3. The standard InChI is InChI=1S/C8H6F3N3/c1-5-6-4-13-7(8(9,10)11)14(6)3-2-12-5/h2-4H,1H3. The van der Waals surface area contributed by atoms with Crippen LogP contribution in [0.3, 0.4) is 0 Å². The van der Waals surface area contributed by atoms with Crippen molar-refractivity contribution < 1.29 is 13.2 Å². The van der Waals surface area contributed by atoms with E-state index in [1.165, 1.54) is 18.6 Å². The van der Waals surface area contributed by atoms with E-state index in [1.807, 2.05) is 0 Å².